The summed E-state index contributed by atoms with van der Waals surface area (Å²) in [5, 5.41) is 25.3. The zero-order valence-corrected chi connectivity index (χ0v) is 14.2. The Morgan fingerprint density at radius 3 is 0.789 bits per heavy atom. The lowest BCUT2D eigenvalue weighted by atomic mass is 10.5. The van der Waals surface area contributed by atoms with Gasteiger partial charge in [-0.3, -0.25) is 0 Å². The van der Waals surface area contributed by atoms with E-state index in [1.54, 1.807) is 42.1 Å². The Balaban J connectivity index is -0.0000000865. The average Bonchev–Trinajstić information content (AvgIpc) is 2.18. The lowest BCUT2D eigenvalue weighted by molar-refractivity contribution is 0.0764. The maximum Gasteiger partial charge on any atom is 0.0745 e. The number of hydrogen-bond donors (Lipinski definition) is 3. The van der Waals surface area contributed by atoms with E-state index in [2.05, 4.69) is 14.2 Å². The van der Waals surface area contributed by atoms with Gasteiger partial charge < -0.3 is 29.5 Å². The lowest BCUT2D eigenvalue weighted by Crippen LogP contribution is -2.07. The summed E-state index contributed by atoms with van der Waals surface area (Å²) in [5.41, 5.74) is 0. The Hall–Kier alpha value is 0.292. The fourth-order valence-corrected chi connectivity index (χ4v) is 0.724. The van der Waals surface area contributed by atoms with E-state index in [4.69, 9.17) is 15.3 Å². The molecule has 0 spiro atoms. The van der Waals surface area contributed by atoms with Crippen molar-refractivity contribution < 1.29 is 29.5 Å². The van der Waals surface area contributed by atoms with Gasteiger partial charge in [0.2, 0.25) is 0 Å². The highest BCUT2D eigenvalue weighted by molar-refractivity contribution is 5.75. The summed E-state index contributed by atoms with van der Waals surface area (Å²) in [6.07, 6.45) is -0.972. The molecule has 19 heavy (non-hydrogen) atoms. The average molecular weight is 297 g/mol. The molecule has 0 amide bonds. The molecule has 3 N–H and O–H groups in total. The lowest BCUT2D eigenvalue weighted by Gasteiger charge is -1.97. The molecule has 0 aliphatic heterocycles. The van der Waals surface area contributed by atoms with Gasteiger partial charge in [-0.25, -0.2) is 0 Å². The molecule has 0 aromatic carbocycles. The van der Waals surface area contributed by atoms with Crippen molar-refractivity contribution in [2.24, 2.45) is 0 Å². The first kappa shape index (κ1) is 27.6. The second kappa shape index (κ2) is 23.4. The van der Waals surface area contributed by atoms with Crippen LogP contribution in [-0.4, -0.2) is 92.1 Å². The van der Waals surface area contributed by atoms with Gasteiger partial charge in [-0.15, -0.1) is 0 Å². The molecule has 0 heterocycles. The van der Waals surface area contributed by atoms with E-state index in [1.165, 1.54) is 0 Å². The molecule has 0 saturated carbocycles. The van der Waals surface area contributed by atoms with Crippen LogP contribution in [0.5, 0.6) is 0 Å². The maximum atomic E-state index is 8.43. The van der Waals surface area contributed by atoms with Gasteiger partial charge in [0.25, 0.3) is 0 Å². The highest BCUT2D eigenvalue weighted by atomic mass is 27.0. The van der Waals surface area contributed by atoms with Crippen molar-refractivity contribution in [1.82, 2.24) is 0 Å². The monoisotopic (exact) mass is 297 g/mol. The SMILES string of the molecule is COCC(C)O.COCC(C)O.COCC(C)O.[Al]. The van der Waals surface area contributed by atoms with Crippen molar-refractivity contribution in [3.8, 4) is 0 Å². The van der Waals surface area contributed by atoms with Crippen molar-refractivity contribution in [2.75, 3.05) is 41.2 Å². The molecule has 0 saturated heterocycles. The zero-order valence-electron chi connectivity index (χ0n) is 13.0. The third-order valence-electron chi connectivity index (χ3n) is 1.22. The van der Waals surface area contributed by atoms with Gasteiger partial charge in [0, 0.05) is 38.7 Å². The van der Waals surface area contributed by atoms with Gasteiger partial charge in [-0.05, 0) is 20.8 Å². The standard InChI is InChI=1S/3C4H10O2.Al/c3*1-4(5)3-6-2;/h3*4-5H,3H2,1-2H3;. The highest BCUT2D eigenvalue weighted by Gasteiger charge is 1.88. The fraction of sp³-hybridized carbons (Fsp3) is 1.00. The van der Waals surface area contributed by atoms with Crippen LogP contribution in [0.1, 0.15) is 20.8 Å². The molecule has 117 valence electrons. The number of aliphatic hydroxyl groups is 3. The molecule has 7 heteroatoms. The summed E-state index contributed by atoms with van der Waals surface area (Å²) in [5.74, 6) is 0. The molecular weight excluding hydrogens is 267 g/mol. The summed E-state index contributed by atoms with van der Waals surface area (Å²) >= 11 is 0. The van der Waals surface area contributed by atoms with Gasteiger partial charge >= 0.3 is 0 Å². The molecule has 6 nitrogen and oxygen atoms in total. The van der Waals surface area contributed by atoms with Crippen LogP contribution in [0.25, 0.3) is 0 Å². The van der Waals surface area contributed by atoms with Crippen LogP contribution in [0, 0.1) is 0 Å². The molecule has 0 fully saturated rings. The van der Waals surface area contributed by atoms with Crippen LogP contribution in [0.15, 0.2) is 0 Å². The van der Waals surface area contributed by atoms with Crippen LogP contribution >= 0.6 is 0 Å². The minimum absolute atomic E-state index is 0. The Morgan fingerprint density at radius 1 is 0.632 bits per heavy atom. The molecule has 3 radical (unpaired) electrons. The Bertz CT molecular complexity index is 110. The summed E-state index contributed by atoms with van der Waals surface area (Å²) in [6.45, 7) is 6.34. The van der Waals surface area contributed by atoms with Crippen LogP contribution in [0.2, 0.25) is 0 Å². The molecule has 0 bridgehead atoms. The normalized spacial score (nSPS) is 13.7. The van der Waals surface area contributed by atoms with Crippen molar-refractivity contribution in [1.29, 1.82) is 0 Å². The number of methoxy groups -OCH3 is 3. The molecule has 0 rings (SSSR count). The van der Waals surface area contributed by atoms with Crippen LogP contribution < -0.4 is 0 Å². The van der Waals surface area contributed by atoms with Crippen molar-refractivity contribution in [3.05, 3.63) is 0 Å². The van der Waals surface area contributed by atoms with E-state index in [0.717, 1.165) is 0 Å². The first-order valence-electron chi connectivity index (χ1n) is 5.82. The van der Waals surface area contributed by atoms with Crippen molar-refractivity contribution >= 4 is 17.4 Å². The molecular formula is C12H30AlO6. The van der Waals surface area contributed by atoms with E-state index < -0.39 is 0 Å². The smallest absolute Gasteiger partial charge is 0.0745 e. The predicted molar refractivity (Wildman–Crippen MR) is 76.4 cm³/mol. The first-order valence-corrected chi connectivity index (χ1v) is 5.82. The summed E-state index contributed by atoms with van der Waals surface area (Å²) < 4.78 is 13.7. The maximum absolute atomic E-state index is 8.43. The molecule has 0 aromatic heterocycles. The van der Waals surface area contributed by atoms with Crippen molar-refractivity contribution in [3.63, 3.8) is 0 Å². The van der Waals surface area contributed by atoms with E-state index in [9.17, 15) is 0 Å². The van der Waals surface area contributed by atoms with Gasteiger partial charge in [-0.2, -0.15) is 0 Å². The van der Waals surface area contributed by atoms with Gasteiger partial charge in [0.1, 0.15) is 0 Å². The van der Waals surface area contributed by atoms with Gasteiger partial charge in [0.05, 0.1) is 38.1 Å². The molecule has 0 aromatic rings. The Kier molecular flexibility index (Phi) is 34.0. The van der Waals surface area contributed by atoms with E-state index in [0.29, 0.717) is 19.8 Å². The van der Waals surface area contributed by atoms with Crippen LogP contribution in [0.4, 0.5) is 0 Å². The largest absolute Gasteiger partial charge is 0.391 e. The topological polar surface area (TPSA) is 88.4 Å². The van der Waals surface area contributed by atoms with E-state index >= 15 is 0 Å². The van der Waals surface area contributed by atoms with Crippen LogP contribution in [-0.2, 0) is 14.2 Å². The molecule has 3 unspecified atom stereocenters. The third-order valence-corrected chi connectivity index (χ3v) is 1.22. The summed E-state index contributed by atoms with van der Waals surface area (Å²) in [4.78, 5) is 0. The third kappa shape index (κ3) is 56.2. The summed E-state index contributed by atoms with van der Waals surface area (Å²) in [7, 11) is 4.69. The second-order valence-corrected chi connectivity index (χ2v) is 3.91. The van der Waals surface area contributed by atoms with E-state index in [1.807, 2.05) is 0 Å². The number of ether oxygens (including phenoxy) is 3. The Labute approximate surface area is 127 Å². The fourth-order valence-electron chi connectivity index (χ4n) is 0.724. The Morgan fingerprint density at radius 2 is 0.789 bits per heavy atom. The van der Waals surface area contributed by atoms with Gasteiger partial charge in [-0.1, -0.05) is 0 Å². The van der Waals surface area contributed by atoms with Crippen molar-refractivity contribution in [2.45, 2.75) is 39.1 Å². The molecule has 0 aliphatic carbocycles. The number of hydrogen-bond acceptors (Lipinski definition) is 6. The molecule has 3 atom stereocenters. The van der Waals surface area contributed by atoms with Crippen LogP contribution in [0.3, 0.4) is 0 Å². The molecule has 0 aliphatic rings. The quantitative estimate of drug-likeness (QED) is 0.581. The van der Waals surface area contributed by atoms with Gasteiger partial charge in [0.15, 0.2) is 0 Å². The van der Waals surface area contributed by atoms with E-state index in [-0.39, 0.29) is 35.7 Å². The predicted octanol–water partition coefficient (Wildman–Crippen LogP) is -0.340. The second-order valence-electron chi connectivity index (χ2n) is 3.91. The summed E-state index contributed by atoms with van der Waals surface area (Å²) in [6, 6.07) is 0. The highest BCUT2D eigenvalue weighted by Crippen LogP contribution is 1.76. The minimum atomic E-state index is -0.324. The number of rotatable bonds is 6. The zero-order chi connectivity index (χ0) is 15.0. The number of aliphatic hydroxyl groups excluding tert-OH is 3. The minimum Gasteiger partial charge on any atom is -0.391 e. The first-order chi connectivity index (χ1) is 8.31.